The monoisotopic (exact) mass is 261 g/mol. The van der Waals surface area contributed by atoms with Crippen molar-refractivity contribution in [2.75, 3.05) is 13.1 Å². The van der Waals surface area contributed by atoms with Crippen molar-refractivity contribution in [2.24, 2.45) is 5.73 Å². The molecule has 1 aliphatic rings. The Kier molecular flexibility index (Phi) is 3.66. The number of rotatable bonds is 4. The van der Waals surface area contributed by atoms with E-state index >= 15 is 0 Å². The van der Waals surface area contributed by atoms with Crippen LogP contribution in [0.5, 0.6) is 0 Å². The zero-order valence-electron chi connectivity index (χ0n) is 10.9. The summed E-state index contributed by atoms with van der Waals surface area (Å²) in [6, 6.07) is 6.12. The first-order valence-corrected chi connectivity index (χ1v) is 6.80. The molecule has 2 aromatic rings. The van der Waals surface area contributed by atoms with Crippen LogP contribution in [0.15, 0.2) is 33.4 Å². The van der Waals surface area contributed by atoms with Gasteiger partial charge in [0, 0.05) is 25.2 Å². The van der Waals surface area contributed by atoms with Crippen molar-refractivity contribution in [3.05, 3.63) is 30.2 Å². The molecule has 1 unspecified atom stereocenters. The third kappa shape index (κ3) is 2.72. The van der Waals surface area contributed by atoms with Gasteiger partial charge in [-0.3, -0.25) is 4.90 Å². The molecule has 3 heterocycles. The molecule has 0 amide bonds. The van der Waals surface area contributed by atoms with Gasteiger partial charge in [-0.05, 0) is 31.5 Å². The average molecular weight is 261 g/mol. The lowest BCUT2D eigenvalue weighted by Gasteiger charge is -2.34. The van der Waals surface area contributed by atoms with Gasteiger partial charge in [-0.15, -0.1) is 0 Å². The molecule has 5 nitrogen and oxygen atoms in total. The van der Waals surface area contributed by atoms with E-state index in [1.54, 1.807) is 6.26 Å². The normalized spacial score (nSPS) is 20.8. The Morgan fingerprint density at radius 2 is 2.32 bits per heavy atom. The Labute approximate surface area is 112 Å². The van der Waals surface area contributed by atoms with E-state index in [-0.39, 0.29) is 0 Å². The first-order valence-electron chi connectivity index (χ1n) is 6.80. The van der Waals surface area contributed by atoms with Crippen molar-refractivity contribution < 1.29 is 8.94 Å². The third-order valence-electron chi connectivity index (χ3n) is 3.71. The van der Waals surface area contributed by atoms with Gasteiger partial charge in [-0.25, -0.2) is 0 Å². The van der Waals surface area contributed by atoms with Crippen LogP contribution >= 0.6 is 0 Å². The summed E-state index contributed by atoms with van der Waals surface area (Å²) in [4.78, 5) is 2.40. The summed E-state index contributed by atoms with van der Waals surface area (Å²) in [5, 5.41) is 4.12. The summed E-state index contributed by atoms with van der Waals surface area (Å²) >= 11 is 0. The van der Waals surface area contributed by atoms with E-state index in [9.17, 15) is 0 Å². The molecule has 3 rings (SSSR count). The smallest absolute Gasteiger partial charge is 0.202 e. The highest BCUT2D eigenvalue weighted by Gasteiger charge is 2.22. The molecule has 0 bridgehead atoms. The molecule has 1 saturated heterocycles. The summed E-state index contributed by atoms with van der Waals surface area (Å²) < 4.78 is 10.6. The summed E-state index contributed by atoms with van der Waals surface area (Å²) in [5.41, 5.74) is 6.77. The Balaban J connectivity index is 1.69. The molecule has 102 valence electrons. The molecule has 5 heteroatoms. The second kappa shape index (κ2) is 5.59. The van der Waals surface area contributed by atoms with Crippen molar-refractivity contribution >= 4 is 0 Å². The number of likely N-dealkylation sites (tertiary alicyclic amines) is 1. The molecular weight excluding hydrogens is 242 g/mol. The minimum atomic E-state index is 0.470. The van der Waals surface area contributed by atoms with Gasteiger partial charge in [-0.2, -0.15) is 0 Å². The molecule has 2 aromatic heterocycles. The SMILES string of the molecule is NCC1CCCCN1Cc1cc(-c2ccco2)on1. The number of nitrogens with zero attached hydrogens (tertiary/aromatic N) is 2. The molecule has 0 aromatic carbocycles. The highest BCUT2D eigenvalue weighted by molar-refractivity contribution is 5.49. The first kappa shape index (κ1) is 12.4. The van der Waals surface area contributed by atoms with E-state index in [1.165, 1.54) is 19.3 Å². The fourth-order valence-electron chi connectivity index (χ4n) is 2.66. The maximum Gasteiger partial charge on any atom is 0.202 e. The second-order valence-electron chi connectivity index (χ2n) is 5.02. The van der Waals surface area contributed by atoms with Crippen molar-refractivity contribution in [3.63, 3.8) is 0 Å². The van der Waals surface area contributed by atoms with Gasteiger partial charge < -0.3 is 14.7 Å². The highest BCUT2D eigenvalue weighted by Crippen LogP contribution is 2.23. The van der Waals surface area contributed by atoms with Gasteiger partial charge in [0.25, 0.3) is 0 Å². The van der Waals surface area contributed by atoms with Gasteiger partial charge in [0.05, 0.1) is 12.0 Å². The molecule has 19 heavy (non-hydrogen) atoms. The standard InChI is InChI=1S/C14H19N3O2/c15-9-12-4-1-2-6-17(12)10-11-8-14(19-16-11)13-5-3-7-18-13/h3,5,7-8,12H,1-2,4,6,9-10,15H2. The topological polar surface area (TPSA) is 68.4 Å². The number of hydrogen-bond acceptors (Lipinski definition) is 5. The van der Waals surface area contributed by atoms with Crippen molar-refractivity contribution in [2.45, 2.75) is 31.8 Å². The van der Waals surface area contributed by atoms with Crippen LogP contribution in [0.3, 0.4) is 0 Å². The van der Waals surface area contributed by atoms with E-state index in [0.29, 0.717) is 24.1 Å². The number of piperidine rings is 1. The predicted octanol–water partition coefficient (Wildman–Crippen LogP) is 2.25. The van der Waals surface area contributed by atoms with Crippen molar-refractivity contribution in [1.29, 1.82) is 0 Å². The predicted molar refractivity (Wildman–Crippen MR) is 71.3 cm³/mol. The molecule has 1 atom stereocenters. The van der Waals surface area contributed by atoms with Crippen LogP contribution in [0.4, 0.5) is 0 Å². The largest absolute Gasteiger partial charge is 0.461 e. The molecule has 1 aliphatic heterocycles. The maximum atomic E-state index is 5.83. The lowest BCUT2D eigenvalue weighted by molar-refractivity contribution is 0.141. The van der Waals surface area contributed by atoms with Gasteiger partial charge in [0.2, 0.25) is 5.76 Å². The third-order valence-corrected chi connectivity index (χ3v) is 3.71. The fraction of sp³-hybridized carbons (Fsp3) is 0.500. The van der Waals surface area contributed by atoms with Crippen LogP contribution in [0.1, 0.15) is 25.0 Å². The number of nitrogens with two attached hydrogens (primary N) is 1. The summed E-state index contributed by atoms with van der Waals surface area (Å²) in [6.07, 6.45) is 5.32. The number of aromatic nitrogens is 1. The summed E-state index contributed by atoms with van der Waals surface area (Å²) in [6.45, 7) is 2.60. The van der Waals surface area contributed by atoms with E-state index < -0.39 is 0 Å². The van der Waals surface area contributed by atoms with Gasteiger partial charge in [-0.1, -0.05) is 11.6 Å². The molecule has 0 spiro atoms. The lowest BCUT2D eigenvalue weighted by atomic mass is 10.0. The van der Waals surface area contributed by atoms with Crippen LogP contribution in [-0.4, -0.2) is 29.2 Å². The highest BCUT2D eigenvalue weighted by atomic mass is 16.5. The van der Waals surface area contributed by atoms with Crippen LogP contribution in [0, 0.1) is 0 Å². The minimum Gasteiger partial charge on any atom is -0.461 e. The average Bonchev–Trinajstić information content (AvgIpc) is 3.09. The summed E-state index contributed by atoms with van der Waals surface area (Å²) in [7, 11) is 0. The summed E-state index contributed by atoms with van der Waals surface area (Å²) in [5.74, 6) is 1.40. The van der Waals surface area contributed by atoms with Crippen LogP contribution in [0.2, 0.25) is 0 Å². The van der Waals surface area contributed by atoms with Gasteiger partial charge >= 0.3 is 0 Å². The van der Waals surface area contributed by atoms with Crippen LogP contribution < -0.4 is 5.73 Å². The van der Waals surface area contributed by atoms with Crippen molar-refractivity contribution in [1.82, 2.24) is 10.1 Å². The Morgan fingerprint density at radius 1 is 1.37 bits per heavy atom. The van der Waals surface area contributed by atoms with Crippen molar-refractivity contribution in [3.8, 4) is 11.5 Å². The van der Waals surface area contributed by atoms with E-state index in [0.717, 1.165) is 18.8 Å². The van der Waals surface area contributed by atoms with Gasteiger partial charge in [0.1, 0.15) is 0 Å². The molecule has 0 saturated carbocycles. The molecule has 0 radical (unpaired) electrons. The van der Waals surface area contributed by atoms with E-state index in [1.807, 2.05) is 18.2 Å². The zero-order valence-corrected chi connectivity index (χ0v) is 10.9. The Bertz CT molecular complexity index is 507. The fourth-order valence-corrected chi connectivity index (χ4v) is 2.66. The molecular formula is C14H19N3O2. The quantitative estimate of drug-likeness (QED) is 0.914. The van der Waals surface area contributed by atoms with Crippen LogP contribution in [-0.2, 0) is 6.54 Å². The zero-order chi connectivity index (χ0) is 13.1. The second-order valence-corrected chi connectivity index (χ2v) is 5.02. The number of hydrogen-bond donors (Lipinski definition) is 1. The minimum absolute atomic E-state index is 0.470. The first-order chi connectivity index (χ1) is 9.36. The van der Waals surface area contributed by atoms with Gasteiger partial charge in [0.15, 0.2) is 5.76 Å². The Hall–Kier alpha value is -1.59. The molecule has 0 aliphatic carbocycles. The molecule has 1 fully saturated rings. The van der Waals surface area contributed by atoms with E-state index in [2.05, 4.69) is 10.1 Å². The Morgan fingerprint density at radius 3 is 3.11 bits per heavy atom. The van der Waals surface area contributed by atoms with Crippen LogP contribution in [0.25, 0.3) is 11.5 Å². The van der Waals surface area contributed by atoms with E-state index in [4.69, 9.17) is 14.7 Å². The molecule has 2 N–H and O–H groups in total. The number of furan rings is 1. The maximum absolute atomic E-state index is 5.83. The lowest BCUT2D eigenvalue weighted by Crippen LogP contribution is -2.43.